The summed E-state index contributed by atoms with van der Waals surface area (Å²) in [6.45, 7) is 6.62. The minimum Gasteiger partial charge on any atom is -0.303 e. The molecule has 0 spiro atoms. The van der Waals surface area contributed by atoms with E-state index in [2.05, 4.69) is 23.2 Å². The molecule has 0 aromatic rings. The number of nitrogens with zero attached hydrogens (tertiary/aromatic N) is 2. The predicted molar refractivity (Wildman–Crippen MR) is 62.6 cm³/mol. The zero-order chi connectivity index (χ0) is 10.9. The van der Waals surface area contributed by atoms with Gasteiger partial charge in [-0.05, 0) is 45.3 Å². The molecule has 1 unspecified atom stereocenters. The van der Waals surface area contributed by atoms with Gasteiger partial charge in [0.1, 0.15) is 0 Å². The van der Waals surface area contributed by atoms with Gasteiger partial charge in [-0.25, -0.2) is 0 Å². The van der Waals surface area contributed by atoms with E-state index in [1.807, 2.05) is 0 Å². The Morgan fingerprint density at radius 2 is 2.07 bits per heavy atom. The molecule has 0 radical (unpaired) electrons. The Labute approximate surface area is 93.5 Å². The Morgan fingerprint density at radius 3 is 2.67 bits per heavy atom. The van der Waals surface area contributed by atoms with Crippen LogP contribution in [0.1, 0.15) is 39.0 Å². The Morgan fingerprint density at radius 1 is 1.33 bits per heavy atom. The minimum absolute atomic E-state index is 0.0480. The monoisotopic (exact) mass is 209 g/mol. The molecule has 0 aliphatic carbocycles. The zero-order valence-electron chi connectivity index (χ0n) is 9.84. The van der Waals surface area contributed by atoms with E-state index in [-0.39, 0.29) is 6.04 Å². The first-order valence-electron chi connectivity index (χ1n) is 6.22. The van der Waals surface area contributed by atoms with Crippen molar-refractivity contribution >= 4 is 0 Å². The molecule has 0 aromatic heterocycles. The van der Waals surface area contributed by atoms with Crippen LogP contribution in [0.15, 0.2) is 0 Å². The zero-order valence-corrected chi connectivity index (χ0v) is 9.84. The average molecular weight is 209 g/mol. The summed E-state index contributed by atoms with van der Waals surface area (Å²) in [4.78, 5) is 2.49. The van der Waals surface area contributed by atoms with Crippen LogP contribution in [0, 0.1) is 11.3 Å². The van der Waals surface area contributed by atoms with E-state index in [0.717, 1.165) is 25.9 Å². The number of likely N-dealkylation sites (tertiary alicyclic amines) is 1. The SMILES string of the molecule is CCCNC(C#N)CCN1CCCCC1. The maximum atomic E-state index is 8.95. The molecule has 1 aliphatic heterocycles. The Kier molecular flexibility index (Phi) is 6.38. The van der Waals surface area contributed by atoms with Crippen LogP contribution in [0.3, 0.4) is 0 Å². The quantitative estimate of drug-likeness (QED) is 0.724. The van der Waals surface area contributed by atoms with Gasteiger partial charge >= 0.3 is 0 Å². The fraction of sp³-hybridized carbons (Fsp3) is 0.917. The molecule has 1 saturated heterocycles. The molecule has 1 N–H and O–H groups in total. The predicted octanol–water partition coefficient (Wildman–Crippen LogP) is 1.75. The van der Waals surface area contributed by atoms with Crippen LogP contribution in [0.25, 0.3) is 0 Å². The lowest BCUT2D eigenvalue weighted by Crippen LogP contribution is -2.36. The number of piperidine rings is 1. The van der Waals surface area contributed by atoms with Crippen LogP contribution in [0.5, 0.6) is 0 Å². The van der Waals surface area contributed by atoms with Gasteiger partial charge < -0.3 is 10.2 Å². The van der Waals surface area contributed by atoms with E-state index in [4.69, 9.17) is 5.26 Å². The third-order valence-electron chi connectivity index (χ3n) is 2.98. The second kappa shape index (κ2) is 7.67. The number of hydrogen-bond acceptors (Lipinski definition) is 3. The molecule has 0 aromatic carbocycles. The van der Waals surface area contributed by atoms with Crippen molar-refractivity contribution in [3.05, 3.63) is 0 Å². The molecule has 0 amide bonds. The largest absolute Gasteiger partial charge is 0.303 e. The Hall–Kier alpha value is -0.590. The van der Waals surface area contributed by atoms with E-state index < -0.39 is 0 Å². The number of nitriles is 1. The maximum absolute atomic E-state index is 8.95. The van der Waals surface area contributed by atoms with E-state index >= 15 is 0 Å². The lowest BCUT2D eigenvalue weighted by molar-refractivity contribution is 0.221. The first-order chi connectivity index (χ1) is 7.36. The van der Waals surface area contributed by atoms with Gasteiger partial charge in [-0.3, -0.25) is 0 Å². The van der Waals surface area contributed by atoms with Crippen molar-refractivity contribution in [3.8, 4) is 6.07 Å². The molecule has 0 bridgehead atoms. The highest BCUT2D eigenvalue weighted by Gasteiger charge is 2.12. The van der Waals surface area contributed by atoms with Crippen LogP contribution in [-0.2, 0) is 0 Å². The molecule has 86 valence electrons. The van der Waals surface area contributed by atoms with Crippen LogP contribution < -0.4 is 5.32 Å². The fourth-order valence-electron chi connectivity index (χ4n) is 2.03. The van der Waals surface area contributed by atoms with Crippen molar-refractivity contribution in [3.63, 3.8) is 0 Å². The van der Waals surface area contributed by atoms with Crippen molar-refractivity contribution in [1.82, 2.24) is 10.2 Å². The second-order valence-electron chi connectivity index (χ2n) is 4.33. The lowest BCUT2D eigenvalue weighted by atomic mass is 10.1. The first-order valence-corrected chi connectivity index (χ1v) is 6.22. The van der Waals surface area contributed by atoms with Crippen molar-refractivity contribution in [2.45, 2.75) is 45.1 Å². The smallest absolute Gasteiger partial charge is 0.0965 e. The van der Waals surface area contributed by atoms with E-state index in [0.29, 0.717) is 0 Å². The summed E-state index contributed by atoms with van der Waals surface area (Å²) in [5, 5.41) is 12.2. The van der Waals surface area contributed by atoms with Crippen LogP contribution in [-0.4, -0.2) is 37.1 Å². The van der Waals surface area contributed by atoms with Gasteiger partial charge in [0.05, 0.1) is 12.1 Å². The summed E-state index contributed by atoms with van der Waals surface area (Å²) in [6, 6.07) is 2.39. The number of rotatable bonds is 6. The van der Waals surface area contributed by atoms with Crippen molar-refractivity contribution in [1.29, 1.82) is 5.26 Å². The molecular weight excluding hydrogens is 186 g/mol. The van der Waals surface area contributed by atoms with Crippen molar-refractivity contribution in [2.24, 2.45) is 0 Å². The number of hydrogen-bond donors (Lipinski definition) is 1. The van der Waals surface area contributed by atoms with Gasteiger partial charge in [0.25, 0.3) is 0 Å². The van der Waals surface area contributed by atoms with E-state index in [1.54, 1.807) is 0 Å². The molecule has 1 atom stereocenters. The normalized spacial score (nSPS) is 19.7. The highest BCUT2D eigenvalue weighted by atomic mass is 15.1. The number of nitrogens with one attached hydrogen (secondary N) is 1. The van der Waals surface area contributed by atoms with Crippen LogP contribution >= 0.6 is 0 Å². The Bertz CT molecular complexity index is 192. The van der Waals surface area contributed by atoms with Crippen molar-refractivity contribution in [2.75, 3.05) is 26.2 Å². The second-order valence-corrected chi connectivity index (χ2v) is 4.33. The third-order valence-corrected chi connectivity index (χ3v) is 2.98. The first kappa shape index (κ1) is 12.5. The van der Waals surface area contributed by atoms with Crippen LogP contribution in [0.4, 0.5) is 0 Å². The third kappa shape index (κ3) is 5.15. The van der Waals surface area contributed by atoms with E-state index in [9.17, 15) is 0 Å². The molecule has 1 aliphatic rings. The van der Waals surface area contributed by atoms with Crippen LogP contribution in [0.2, 0.25) is 0 Å². The summed E-state index contributed by atoms with van der Waals surface area (Å²) < 4.78 is 0. The van der Waals surface area contributed by atoms with Gasteiger partial charge in [0.2, 0.25) is 0 Å². The fourth-order valence-corrected chi connectivity index (χ4v) is 2.03. The molecule has 15 heavy (non-hydrogen) atoms. The van der Waals surface area contributed by atoms with Gasteiger partial charge in [0, 0.05) is 6.54 Å². The van der Waals surface area contributed by atoms with Crippen molar-refractivity contribution < 1.29 is 0 Å². The van der Waals surface area contributed by atoms with Gasteiger partial charge in [0.15, 0.2) is 0 Å². The molecule has 1 heterocycles. The topological polar surface area (TPSA) is 39.1 Å². The summed E-state index contributed by atoms with van der Waals surface area (Å²) in [6.07, 6.45) is 6.11. The molecule has 3 heteroatoms. The minimum atomic E-state index is 0.0480. The molecular formula is C12H23N3. The molecule has 3 nitrogen and oxygen atoms in total. The summed E-state index contributed by atoms with van der Waals surface area (Å²) >= 11 is 0. The van der Waals surface area contributed by atoms with Gasteiger partial charge in [-0.1, -0.05) is 13.3 Å². The maximum Gasteiger partial charge on any atom is 0.0965 e. The van der Waals surface area contributed by atoms with E-state index in [1.165, 1.54) is 32.4 Å². The highest BCUT2D eigenvalue weighted by molar-refractivity contribution is 4.90. The highest BCUT2D eigenvalue weighted by Crippen LogP contribution is 2.09. The lowest BCUT2D eigenvalue weighted by Gasteiger charge is -2.27. The Balaban J connectivity index is 2.12. The summed E-state index contributed by atoms with van der Waals surface area (Å²) in [5.74, 6) is 0. The molecule has 0 saturated carbocycles. The molecule has 1 fully saturated rings. The summed E-state index contributed by atoms with van der Waals surface area (Å²) in [5.41, 5.74) is 0. The summed E-state index contributed by atoms with van der Waals surface area (Å²) in [7, 11) is 0. The van der Waals surface area contributed by atoms with Gasteiger partial charge in [-0.15, -0.1) is 0 Å². The standard InChI is InChI=1S/C12H23N3/c1-2-7-14-12(11-13)6-10-15-8-4-3-5-9-15/h12,14H,2-10H2,1H3. The average Bonchev–Trinajstić information content (AvgIpc) is 2.31. The van der Waals surface area contributed by atoms with Gasteiger partial charge in [-0.2, -0.15) is 5.26 Å². The molecule has 1 rings (SSSR count).